The van der Waals surface area contributed by atoms with E-state index in [9.17, 15) is 17.2 Å². The Kier molecular flexibility index (Phi) is 5.06. The number of rotatable bonds is 5. The van der Waals surface area contributed by atoms with Crippen molar-refractivity contribution in [1.82, 2.24) is 24.1 Å². The molecule has 0 radical (unpaired) electrons. The minimum atomic E-state index is -4.14. The molecule has 7 nitrogen and oxygen atoms in total. The molecule has 166 valence electrons. The van der Waals surface area contributed by atoms with Gasteiger partial charge in [-0.15, -0.1) is 0 Å². The molecule has 0 saturated carbocycles. The van der Waals surface area contributed by atoms with Gasteiger partial charge in [0.05, 0.1) is 22.9 Å². The lowest BCUT2D eigenvalue weighted by molar-refractivity contribution is 0.393. The van der Waals surface area contributed by atoms with Crippen LogP contribution in [0.1, 0.15) is 13.3 Å². The molecule has 0 aliphatic carbocycles. The summed E-state index contributed by atoms with van der Waals surface area (Å²) in [5.41, 5.74) is 3.49. The maximum atomic E-state index is 14.2. The van der Waals surface area contributed by atoms with Crippen LogP contribution in [-0.2, 0) is 16.6 Å². The standard InChI is InChI=1S/C22H21F2N5O2S/c1-14-9-15(13-29(14)32(30,31)21-4-2-3-17(23)22(21)24)12-28-8-7-19-20(28)6-5-18(27-19)16-10-25-26-11-16/h2-8,10-11,14-15H,9,12-13H2,1H3,(H,25,26)/t14-,15?/m0/s1. The highest BCUT2D eigenvalue weighted by Crippen LogP contribution is 2.32. The van der Waals surface area contributed by atoms with Gasteiger partial charge in [-0.05, 0) is 49.6 Å². The molecule has 32 heavy (non-hydrogen) atoms. The van der Waals surface area contributed by atoms with E-state index in [-0.39, 0.29) is 18.5 Å². The van der Waals surface area contributed by atoms with E-state index >= 15 is 0 Å². The summed E-state index contributed by atoms with van der Waals surface area (Å²) in [5.74, 6) is -2.48. The molecule has 4 heterocycles. The number of hydrogen-bond acceptors (Lipinski definition) is 4. The van der Waals surface area contributed by atoms with Gasteiger partial charge >= 0.3 is 0 Å². The van der Waals surface area contributed by atoms with E-state index < -0.39 is 26.6 Å². The van der Waals surface area contributed by atoms with Gasteiger partial charge in [-0.1, -0.05) is 6.07 Å². The summed E-state index contributed by atoms with van der Waals surface area (Å²) in [6.07, 6.45) is 6.05. The van der Waals surface area contributed by atoms with Crippen LogP contribution in [0.3, 0.4) is 0 Å². The van der Waals surface area contributed by atoms with Crippen LogP contribution in [0.25, 0.3) is 22.3 Å². The van der Waals surface area contributed by atoms with E-state index in [1.807, 2.05) is 24.4 Å². The molecular weight excluding hydrogens is 436 g/mol. The van der Waals surface area contributed by atoms with E-state index in [1.54, 1.807) is 19.3 Å². The van der Waals surface area contributed by atoms with Crippen molar-refractivity contribution >= 4 is 21.1 Å². The van der Waals surface area contributed by atoms with E-state index in [0.717, 1.165) is 34.4 Å². The van der Waals surface area contributed by atoms with Gasteiger partial charge in [-0.25, -0.2) is 22.2 Å². The lowest BCUT2D eigenvalue weighted by Gasteiger charge is -2.21. The van der Waals surface area contributed by atoms with Crippen molar-refractivity contribution in [2.45, 2.75) is 30.8 Å². The van der Waals surface area contributed by atoms with Crippen LogP contribution in [-0.4, -0.2) is 45.1 Å². The summed E-state index contributed by atoms with van der Waals surface area (Å²) in [7, 11) is -4.14. The van der Waals surface area contributed by atoms with Gasteiger partial charge in [0, 0.05) is 37.1 Å². The Morgan fingerprint density at radius 1 is 1.19 bits per heavy atom. The highest BCUT2D eigenvalue weighted by molar-refractivity contribution is 7.89. The van der Waals surface area contributed by atoms with Crippen molar-refractivity contribution in [3.63, 3.8) is 0 Å². The number of benzene rings is 1. The molecule has 1 aliphatic rings. The molecule has 5 rings (SSSR count). The fourth-order valence-corrected chi connectivity index (χ4v) is 6.24. The second kappa shape index (κ2) is 7.79. The number of fused-ring (bicyclic) bond motifs is 1. The monoisotopic (exact) mass is 457 g/mol. The van der Waals surface area contributed by atoms with Crippen LogP contribution >= 0.6 is 0 Å². The molecule has 1 aromatic carbocycles. The maximum absolute atomic E-state index is 14.2. The first-order valence-corrected chi connectivity index (χ1v) is 11.7. The molecule has 1 N–H and O–H groups in total. The topological polar surface area (TPSA) is 83.9 Å². The van der Waals surface area contributed by atoms with Crippen LogP contribution in [0, 0.1) is 17.6 Å². The minimum absolute atomic E-state index is 0.0283. The molecule has 3 aromatic heterocycles. The minimum Gasteiger partial charge on any atom is -0.346 e. The summed E-state index contributed by atoms with van der Waals surface area (Å²) in [6.45, 7) is 2.62. The fraction of sp³-hybridized carbons (Fsp3) is 0.273. The Labute approximate surface area is 183 Å². The van der Waals surface area contributed by atoms with Gasteiger partial charge in [0.25, 0.3) is 0 Å². The molecule has 1 fully saturated rings. The quantitative estimate of drug-likeness (QED) is 0.494. The van der Waals surface area contributed by atoms with Crippen molar-refractivity contribution < 1.29 is 17.2 Å². The average Bonchev–Trinajstić information content (AvgIpc) is 3.50. The van der Waals surface area contributed by atoms with E-state index in [4.69, 9.17) is 0 Å². The lowest BCUT2D eigenvalue weighted by Crippen LogP contribution is -2.34. The van der Waals surface area contributed by atoms with E-state index in [2.05, 4.69) is 19.7 Å². The molecule has 1 aliphatic heterocycles. The molecule has 0 spiro atoms. The van der Waals surface area contributed by atoms with Crippen molar-refractivity contribution in [2.75, 3.05) is 6.54 Å². The zero-order valence-electron chi connectivity index (χ0n) is 17.2. The highest BCUT2D eigenvalue weighted by atomic mass is 32.2. The number of nitrogens with zero attached hydrogens (tertiary/aromatic N) is 4. The van der Waals surface area contributed by atoms with Crippen molar-refractivity contribution in [1.29, 1.82) is 0 Å². The van der Waals surface area contributed by atoms with Crippen LogP contribution in [0.4, 0.5) is 8.78 Å². The Hall–Kier alpha value is -3.11. The lowest BCUT2D eigenvalue weighted by atomic mass is 10.1. The molecular formula is C22H21F2N5O2S. The normalized spacial score (nSPS) is 19.7. The van der Waals surface area contributed by atoms with E-state index in [0.29, 0.717) is 13.0 Å². The predicted molar refractivity (Wildman–Crippen MR) is 115 cm³/mol. The molecule has 10 heteroatoms. The number of pyridine rings is 1. The predicted octanol–water partition coefficient (Wildman–Crippen LogP) is 3.80. The number of H-pyrrole nitrogens is 1. The maximum Gasteiger partial charge on any atom is 0.246 e. The van der Waals surface area contributed by atoms with Gasteiger partial charge in [0.15, 0.2) is 11.6 Å². The number of nitrogens with one attached hydrogen (secondary N) is 1. The summed E-state index contributed by atoms with van der Waals surface area (Å²) in [4.78, 5) is 4.06. The van der Waals surface area contributed by atoms with E-state index in [1.165, 1.54) is 10.4 Å². The summed E-state index contributed by atoms with van der Waals surface area (Å²) in [5, 5.41) is 6.73. The second-order valence-electron chi connectivity index (χ2n) is 8.13. The molecule has 2 atom stereocenters. The zero-order chi connectivity index (χ0) is 22.5. The summed E-state index contributed by atoms with van der Waals surface area (Å²) in [6, 6.07) is 8.74. The van der Waals surface area contributed by atoms with Crippen molar-refractivity contribution in [3.05, 3.63) is 66.6 Å². The third-order valence-electron chi connectivity index (χ3n) is 5.98. The van der Waals surface area contributed by atoms with Crippen LogP contribution in [0.15, 0.2) is 59.9 Å². The number of hydrogen-bond donors (Lipinski definition) is 1. The van der Waals surface area contributed by atoms with Gasteiger partial charge in [0.1, 0.15) is 4.90 Å². The number of aromatic amines is 1. The van der Waals surface area contributed by atoms with Crippen LogP contribution < -0.4 is 0 Å². The highest BCUT2D eigenvalue weighted by Gasteiger charge is 2.39. The van der Waals surface area contributed by atoms with Crippen LogP contribution in [0.5, 0.6) is 0 Å². The first-order valence-electron chi connectivity index (χ1n) is 10.3. The Morgan fingerprint density at radius 2 is 2.03 bits per heavy atom. The molecule has 1 unspecified atom stereocenters. The van der Waals surface area contributed by atoms with Crippen LogP contribution in [0.2, 0.25) is 0 Å². The molecule has 4 aromatic rings. The average molecular weight is 458 g/mol. The van der Waals surface area contributed by atoms with Crippen molar-refractivity contribution in [2.24, 2.45) is 5.92 Å². The number of aromatic nitrogens is 4. The zero-order valence-corrected chi connectivity index (χ0v) is 18.1. The first-order chi connectivity index (χ1) is 15.3. The fourth-order valence-electron chi connectivity index (χ4n) is 4.45. The summed E-state index contributed by atoms with van der Waals surface area (Å²) < 4.78 is 57.2. The number of halogens is 2. The first kappa shape index (κ1) is 20.8. The molecule has 1 saturated heterocycles. The third-order valence-corrected chi connectivity index (χ3v) is 7.98. The summed E-state index contributed by atoms with van der Waals surface area (Å²) >= 11 is 0. The molecule has 0 amide bonds. The smallest absolute Gasteiger partial charge is 0.246 e. The third kappa shape index (κ3) is 3.49. The van der Waals surface area contributed by atoms with Gasteiger partial charge in [0.2, 0.25) is 10.0 Å². The molecule has 0 bridgehead atoms. The Morgan fingerprint density at radius 3 is 2.81 bits per heavy atom. The SMILES string of the molecule is C[C@H]1CC(Cn2ccc3nc(-c4cn[nH]c4)ccc32)CN1S(=O)(=O)c1cccc(F)c1F. The Bertz CT molecular complexity index is 1380. The van der Waals surface area contributed by atoms with Gasteiger partial charge in [-0.2, -0.15) is 9.40 Å². The Balaban J connectivity index is 1.37. The van der Waals surface area contributed by atoms with Gasteiger partial charge < -0.3 is 4.57 Å². The second-order valence-corrected chi connectivity index (χ2v) is 9.99. The largest absolute Gasteiger partial charge is 0.346 e. The van der Waals surface area contributed by atoms with Crippen molar-refractivity contribution in [3.8, 4) is 11.3 Å². The van der Waals surface area contributed by atoms with Gasteiger partial charge in [-0.3, -0.25) is 5.10 Å². The number of sulfonamides is 1.